The zero-order chi connectivity index (χ0) is 22.1. The molecule has 2 fully saturated rings. The Hall–Kier alpha value is -3.08. The molecule has 0 radical (unpaired) electrons. The van der Waals surface area contributed by atoms with E-state index in [2.05, 4.69) is 15.5 Å². The molecule has 1 aliphatic heterocycles. The van der Waals surface area contributed by atoms with E-state index in [1.54, 1.807) is 17.0 Å². The minimum atomic E-state index is -0.470. The van der Waals surface area contributed by atoms with Gasteiger partial charge in [-0.2, -0.15) is 5.10 Å². The lowest BCUT2D eigenvalue weighted by Gasteiger charge is -2.20. The lowest BCUT2D eigenvalue weighted by molar-refractivity contribution is -0.126. The van der Waals surface area contributed by atoms with Crippen LogP contribution >= 0.6 is 12.2 Å². The van der Waals surface area contributed by atoms with Crippen molar-refractivity contribution < 1.29 is 23.8 Å². The number of benzene rings is 1. The number of carbonyl (C=O) groups excluding carboxylic acids is 2. The monoisotopic (exact) mass is 447 g/mol. The Morgan fingerprint density at radius 1 is 1.23 bits per heavy atom. The highest BCUT2D eigenvalue weighted by Gasteiger charge is 2.36. The number of aromatic amines is 1. The first-order valence-corrected chi connectivity index (χ1v) is 10.4. The second kappa shape index (κ2) is 8.58. The van der Waals surface area contributed by atoms with Crippen molar-refractivity contribution in [2.75, 3.05) is 32.8 Å². The molecule has 2 heterocycles. The largest absolute Gasteiger partial charge is 0.493 e. The van der Waals surface area contributed by atoms with Crippen molar-refractivity contribution in [3.63, 3.8) is 0 Å². The zero-order valence-corrected chi connectivity index (χ0v) is 18.5. The number of methoxy groups -OCH3 is 3. The molecule has 11 heteroatoms. The number of H-pyrrole nitrogens is 1. The van der Waals surface area contributed by atoms with Crippen LogP contribution in [0.5, 0.6) is 17.2 Å². The molecule has 0 spiro atoms. The Balaban J connectivity index is 1.46. The second-order valence-corrected chi connectivity index (χ2v) is 7.94. The molecular formula is C20H25N5O5S. The van der Waals surface area contributed by atoms with Gasteiger partial charge in [-0.05, 0) is 25.1 Å². The van der Waals surface area contributed by atoms with Crippen molar-refractivity contribution in [1.82, 2.24) is 20.1 Å². The van der Waals surface area contributed by atoms with Gasteiger partial charge >= 0.3 is 0 Å². The Morgan fingerprint density at radius 3 is 2.48 bits per heavy atom. The fourth-order valence-electron chi connectivity index (χ4n) is 3.84. The third-order valence-electron chi connectivity index (χ3n) is 5.57. The number of rotatable bonds is 8. The molecule has 1 aromatic heterocycles. The molecule has 2 amide bonds. The van der Waals surface area contributed by atoms with Crippen molar-refractivity contribution in [2.24, 2.45) is 5.92 Å². The Labute approximate surface area is 184 Å². The maximum Gasteiger partial charge on any atom is 0.227 e. The summed E-state index contributed by atoms with van der Waals surface area (Å²) in [7, 11) is 4.54. The molecule has 1 aromatic carbocycles. The summed E-state index contributed by atoms with van der Waals surface area (Å²) in [4.78, 5) is 27.0. The second-order valence-electron chi connectivity index (χ2n) is 7.55. The fourth-order valence-corrected chi connectivity index (χ4v) is 4.14. The highest BCUT2D eigenvalue weighted by molar-refractivity contribution is 7.71. The highest BCUT2D eigenvalue weighted by Crippen LogP contribution is 2.42. The topological polar surface area (TPSA) is 111 Å². The molecular weight excluding hydrogens is 422 g/mol. The minimum Gasteiger partial charge on any atom is -0.493 e. The van der Waals surface area contributed by atoms with Crippen molar-refractivity contribution in [1.29, 1.82) is 0 Å². The number of hydrogen-bond acceptors (Lipinski definition) is 7. The van der Waals surface area contributed by atoms with Crippen LogP contribution in [0.2, 0.25) is 0 Å². The molecule has 1 aliphatic carbocycles. The maximum absolute atomic E-state index is 12.8. The minimum absolute atomic E-state index is 0.123. The Kier molecular flexibility index (Phi) is 5.86. The Bertz CT molecular complexity index is 1040. The van der Waals surface area contributed by atoms with E-state index in [-0.39, 0.29) is 31.3 Å². The third kappa shape index (κ3) is 4.09. The van der Waals surface area contributed by atoms with Crippen LogP contribution in [-0.4, -0.2) is 54.5 Å². The van der Waals surface area contributed by atoms with Gasteiger partial charge in [0.15, 0.2) is 22.1 Å². The smallest absolute Gasteiger partial charge is 0.227 e. The van der Waals surface area contributed by atoms with Gasteiger partial charge in [0.25, 0.3) is 0 Å². The van der Waals surface area contributed by atoms with Crippen molar-refractivity contribution in [3.8, 4) is 17.2 Å². The van der Waals surface area contributed by atoms with Crippen molar-refractivity contribution >= 4 is 29.7 Å². The van der Waals surface area contributed by atoms with E-state index in [0.717, 1.165) is 12.8 Å². The summed E-state index contributed by atoms with van der Waals surface area (Å²) < 4.78 is 18.6. The first-order chi connectivity index (χ1) is 15.0. The van der Waals surface area contributed by atoms with Crippen LogP contribution in [0.15, 0.2) is 12.1 Å². The van der Waals surface area contributed by atoms with E-state index in [0.29, 0.717) is 39.6 Å². The fraction of sp³-hybridized carbons (Fsp3) is 0.500. The molecule has 1 saturated carbocycles. The van der Waals surface area contributed by atoms with E-state index in [4.69, 9.17) is 26.4 Å². The quantitative estimate of drug-likeness (QED) is 0.595. The molecule has 2 N–H and O–H groups in total. The third-order valence-corrected chi connectivity index (χ3v) is 5.86. The number of hydrogen-bond donors (Lipinski definition) is 2. The van der Waals surface area contributed by atoms with Gasteiger partial charge in [-0.1, -0.05) is 0 Å². The lowest BCUT2D eigenvalue weighted by atomic mass is 10.1. The molecule has 31 heavy (non-hydrogen) atoms. The van der Waals surface area contributed by atoms with Crippen LogP contribution in [-0.2, 0) is 16.1 Å². The van der Waals surface area contributed by atoms with Crippen LogP contribution in [0.1, 0.15) is 31.1 Å². The van der Waals surface area contributed by atoms with Gasteiger partial charge in [-0.25, -0.2) is 0 Å². The number of anilines is 1. The predicted octanol–water partition coefficient (Wildman–Crippen LogP) is 1.97. The summed E-state index contributed by atoms with van der Waals surface area (Å²) >= 11 is 5.27. The summed E-state index contributed by atoms with van der Waals surface area (Å²) in [6.07, 6.45) is 2.25. The maximum atomic E-state index is 12.8. The number of carbonyl (C=O) groups is 2. The van der Waals surface area contributed by atoms with Crippen LogP contribution in [0.25, 0.3) is 0 Å². The summed E-state index contributed by atoms with van der Waals surface area (Å²) in [5, 5.41) is 9.90. The van der Waals surface area contributed by atoms with Crippen LogP contribution < -0.4 is 24.4 Å². The van der Waals surface area contributed by atoms with E-state index in [1.807, 2.05) is 4.57 Å². The van der Waals surface area contributed by atoms with Gasteiger partial charge in [-0.3, -0.25) is 19.3 Å². The predicted molar refractivity (Wildman–Crippen MR) is 114 cm³/mol. The molecule has 2 aliphatic rings. The van der Waals surface area contributed by atoms with Crippen molar-refractivity contribution in [3.05, 3.63) is 22.7 Å². The van der Waals surface area contributed by atoms with Gasteiger partial charge in [0.1, 0.15) is 0 Å². The zero-order valence-electron chi connectivity index (χ0n) is 17.6. The standard InChI is InChI=1S/C20H25N5O5S/c1-28-14-7-13(8-15(29-2)18(14)30-3)24-10-11(6-17(24)26)19(27)21-9-16-22-23-20(31)25(16)12-4-5-12/h7-8,11-12H,4-6,9-10H2,1-3H3,(H,21,27)(H,23,31). The van der Waals surface area contributed by atoms with Gasteiger partial charge in [0, 0.05) is 31.1 Å². The SMILES string of the molecule is COc1cc(N2CC(C(=O)NCc3n[nH]c(=S)n3C3CC3)CC2=O)cc(OC)c1OC. The molecule has 1 saturated heterocycles. The van der Waals surface area contributed by atoms with E-state index >= 15 is 0 Å². The van der Waals surface area contributed by atoms with Crippen LogP contribution in [0.4, 0.5) is 5.69 Å². The lowest BCUT2D eigenvalue weighted by Crippen LogP contribution is -2.33. The first-order valence-electron chi connectivity index (χ1n) is 10.0. The summed E-state index contributed by atoms with van der Waals surface area (Å²) in [6.45, 7) is 0.524. The number of amides is 2. The molecule has 2 aromatic rings. The van der Waals surface area contributed by atoms with Crippen LogP contribution in [0.3, 0.4) is 0 Å². The summed E-state index contributed by atoms with van der Waals surface area (Å²) in [5.41, 5.74) is 0.587. The molecule has 1 unspecified atom stereocenters. The first kappa shape index (κ1) is 21.2. The number of ether oxygens (including phenoxy) is 3. The van der Waals surface area contributed by atoms with Crippen molar-refractivity contribution in [2.45, 2.75) is 31.8 Å². The summed E-state index contributed by atoms with van der Waals surface area (Å²) in [5.74, 6) is 1.23. The summed E-state index contributed by atoms with van der Waals surface area (Å²) in [6, 6.07) is 3.77. The molecule has 10 nitrogen and oxygen atoms in total. The average Bonchev–Trinajstić information content (AvgIpc) is 3.43. The van der Waals surface area contributed by atoms with Gasteiger partial charge in [0.2, 0.25) is 17.6 Å². The van der Waals surface area contributed by atoms with Crippen LogP contribution in [0, 0.1) is 10.7 Å². The van der Waals surface area contributed by atoms with E-state index in [9.17, 15) is 9.59 Å². The number of nitrogens with zero attached hydrogens (tertiary/aromatic N) is 3. The van der Waals surface area contributed by atoms with E-state index < -0.39 is 5.92 Å². The number of aromatic nitrogens is 3. The highest BCUT2D eigenvalue weighted by atomic mass is 32.1. The molecule has 166 valence electrons. The Morgan fingerprint density at radius 2 is 1.90 bits per heavy atom. The average molecular weight is 448 g/mol. The molecule has 0 bridgehead atoms. The van der Waals surface area contributed by atoms with E-state index in [1.165, 1.54) is 21.3 Å². The number of nitrogens with one attached hydrogen (secondary N) is 2. The van der Waals surface area contributed by atoms with Gasteiger partial charge < -0.3 is 24.4 Å². The van der Waals surface area contributed by atoms with Gasteiger partial charge in [0.05, 0.1) is 39.5 Å². The normalized spacial score (nSPS) is 18.2. The molecule has 4 rings (SSSR count). The van der Waals surface area contributed by atoms with Gasteiger partial charge in [-0.15, -0.1) is 0 Å². The molecule has 1 atom stereocenters.